The number of rotatable bonds is 7. The topological polar surface area (TPSA) is 56.1 Å². The van der Waals surface area contributed by atoms with Crippen LogP contribution in [0.25, 0.3) is 22.2 Å². The third kappa shape index (κ3) is 5.50. The predicted octanol–water partition coefficient (Wildman–Crippen LogP) is 7.79. The van der Waals surface area contributed by atoms with E-state index in [1.807, 2.05) is 78.9 Å². The van der Waals surface area contributed by atoms with Crippen molar-refractivity contribution >= 4 is 28.2 Å². The summed E-state index contributed by atoms with van der Waals surface area (Å²) in [6.07, 6.45) is -4.53. The molecule has 1 N–H and O–H groups in total. The number of nitrogens with zero attached hydrogens (tertiary/aromatic N) is 2. The van der Waals surface area contributed by atoms with Gasteiger partial charge in [-0.1, -0.05) is 66.7 Å². The number of ether oxygens (including phenoxy) is 1. The third-order valence-corrected chi connectivity index (χ3v) is 6.62. The minimum absolute atomic E-state index is 0.0845. The SMILES string of the molecule is COC(=O)C(C)c1cccc(Nc2cccc(-c3c4cccc(C(F)(F)F)c4nn3Cc3ccccc3)c2)c1. The van der Waals surface area contributed by atoms with Crippen LogP contribution in [0, 0.1) is 0 Å². The Labute approximate surface area is 223 Å². The van der Waals surface area contributed by atoms with Crippen molar-refractivity contribution in [1.82, 2.24) is 9.78 Å². The number of esters is 1. The number of benzene rings is 4. The fraction of sp³-hybridized carbons (Fsp3) is 0.161. The first-order valence-electron chi connectivity index (χ1n) is 12.4. The molecule has 5 rings (SSSR count). The first-order valence-corrected chi connectivity index (χ1v) is 12.4. The van der Waals surface area contributed by atoms with Gasteiger partial charge in [0.1, 0.15) is 5.52 Å². The van der Waals surface area contributed by atoms with E-state index in [1.54, 1.807) is 17.7 Å². The molecule has 1 heterocycles. The molecule has 0 aliphatic carbocycles. The second-order valence-electron chi connectivity index (χ2n) is 9.27. The largest absolute Gasteiger partial charge is 0.469 e. The Morgan fingerprint density at radius 2 is 1.62 bits per heavy atom. The lowest BCUT2D eigenvalue weighted by Gasteiger charge is -2.14. The van der Waals surface area contributed by atoms with Crippen LogP contribution in [0.3, 0.4) is 0 Å². The Kier molecular flexibility index (Phi) is 7.11. The summed E-state index contributed by atoms with van der Waals surface area (Å²) >= 11 is 0. The van der Waals surface area contributed by atoms with Crippen LogP contribution in [0.15, 0.2) is 97.1 Å². The van der Waals surface area contributed by atoms with Crippen molar-refractivity contribution in [1.29, 1.82) is 0 Å². The van der Waals surface area contributed by atoms with Gasteiger partial charge in [-0.05, 0) is 48.4 Å². The highest BCUT2D eigenvalue weighted by atomic mass is 19.4. The number of hydrogen-bond acceptors (Lipinski definition) is 4. The number of halogens is 3. The molecule has 1 aromatic heterocycles. The van der Waals surface area contributed by atoms with Gasteiger partial charge in [0.15, 0.2) is 0 Å². The van der Waals surface area contributed by atoms with Crippen molar-refractivity contribution < 1.29 is 22.7 Å². The van der Waals surface area contributed by atoms with Crippen molar-refractivity contribution in [3.8, 4) is 11.3 Å². The van der Waals surface area contributed by atoms with Gasteiger partial charge in [-0.25, -0.2) is 0 Å². The highest BCUT2D eigenvalue weighted by Crippen LogP contribution is 2.39. The van der Waals surface area contributed by atoms with E-state index in [2.05, 4.69) is 10.4 Å². The second-order valence-corrected chi connectivity index (χ2v) is 9.27. The molecule has 0 amide bonds. The molecule has 1 unspecified atom stereocenters. The van der Waals surface area contributed by atoms with Gasteiger partial charge in [-0.3, -0.25) is 9.48 Å². The zero-order chi connectivity index (χ0) is 27.6. The molecule has 0 radical (unpaired) electrons. The molecular weight excluding hydrogens is 503 g/mol. The Balaban J connectivity index is 1.57. The summed E-state index contributed by atoms with van der Waals surface area (Å²) in [4.78, 5) is 12.0. The summed E-state index contributed by atoms with van der Waals surface area (Å²) in [5.74, 6) is -0.754. The number of aromatic nitrogens is 2. The van der Waals surface area contributed by atoms with Gasteiger partial charge in [0.25, 0.3) is 0 Å². The molecule has 5 aromatic rings. The summed E-state index contributed by atoms with van der Waals surface area (Å²) in [6.45, 7) is 2.09. The molecule has 0 spiro atoms. The number of carbonyl (C=O) groups excluding carboxylic acids is 1. The zero-order valence-corrected chi connectivity index (χ0v) is 21.4. The van der Waals surface area contributed by atoms with Gasteiger partial charge in [0.05, 0.1) is 30.8 Å². The summed E-state index contributed by atoms with van der Waals surface area (Å²) in [6, 6.07) is 28.6. The van der Waals surface area contributed by atoms with Gasteiger partial charge in [0, 0.05) is 22.3 Å². The van der Waals surface area contributed by atoms with Gasteiger partial charge in [0.2, 0.25) is 0 Å². The lowest BCUT2D eigenvalue weighted by atomic mass is 10.0. The number of hydrogen-bond donors (Lipinski definition) is 1. The average Bonchev–Trinajstić information content (AvgIpc) is 3.30. The Bertz CT molecular complexity index is 1630. The predicted molar refractivity (Wildman–Crippen MR) is 146 cm³/mol. The van der Waals surface area contributed by atoms with Gasteiger partial charge < -0.3 is 10.1 Å². The monoisotopic (exact) mass is 529 g/mol. The normalized spacial score (nSPS) is 12.3. The number of carbonyl (C=O) groups is 1. The fourth-order valence-corrected chi connectivity index (χ4v) is 4.67. The quantitative estimate of drug-likeness (QED) is 0.219. The van der Waals surface area contributed by atoms with E-state index in [0.717, 1.165) is 34.1 Å². The number of alkyl halides is 3. The third-order valence-electron chi connectivity index (χ3n) is 6.62. The summed E-state index contributed by atoms with van der Waals surface area (Å²) in [5.41, 5.74) is 3.69. The van der Waals surface area contributed by atoms with E-state index < -0.39 is 17.7 Å². The molecule has 0 saturated heterocycles. The minimum Gasteiger partial charge on any atom is -0.469 e. The fourth-order valence-electron chi connectivity index (χ4n) is 4.67. The molecule has 0 aliphatic rings. The van der Waals surface area contributed by atoms with Crippen molar-refractivity contribution in [2.24, 2.45) is 0 Å². The first-order chi connectivity index (χ1) is 18.7. The molecule has 4 aromatic carbocycles. The molecular formula is C31H26F3N3O2. The standard InChI is InChI=1S/C31H26F3N3O2/c1-20(30(38)39-2)22-11-6-13-24(17-22)35-25-14-7-12-23(18-25)29-26-15-8-16-27(31(32,33)34)28(26)36-37(29)19-21-9-4-3-5-10-21/h3-18,20,35H,19H2,1-2H3. The van der Waals surface area contributed by atoms with Crippen LogP contribution in [0.5, 0.6) is 0 Å². The molecule has 0 fully saturated rings. The second kappa shape index (κ2) is 10.6. The van der Waals surface area contributed by atoms with E-state index in [0.29, 0.717) is 17.6 Å². The number of nitrogens with one attached hydrogen (secondary N) is 1. The Morgan fingerprint density at radius 1 is 0.923 bits per heavy atom. The maximum Gasteiger partial charge on any atom is 0.418 e. The van der Waals surface area contributed by atoms with Crippen molar-refractivity contribution in [3.63, 3.8) is 0 Å². The van der Waals surface area contributed by atoms with E-state index in [9.17, 15) is 18.0 Å². The molecule has 8 heteroatoms. The van der Waals surface area contributed by atoms with Crippen LogP contribution >= 0.6 is 0 Å². The van der Waals surface area contributed by atoms with Gasteiger partial charge >= 0.3 is 12.1 Å². The van der Waals surface area contributed by atoms with E-state index in [1.165, 1.54) is 13.2 Å². The lowest BCUT2D eigenvalue weighted by molar-refractivity contribution is -0.142. The molecule has 39 heavy (non-hydrogen) atoms. The molecule has 1 atom stereocenters. The molecule has 0 saturated carbocycles. The lowest BCUT2D eigenvalue weighted by Crippen LogP contribution is -2.10. The highest BCUT2D eigenvalue weighted by Gasteiger charge is 2.34. The summed E-state index contributed by atoms with van der Waals surface area (Å²) in [5, 5.41) is 8.22. The molecule has 0 bridgehead atoms. The number of anilines is 2. The van der Waals surface area contributed by atoms with Crippen LogP contribution in [0.2, 0.25) is 0 Å². The maximum atomic E-state index is 13.9. The van der Waals surface area contributed by atoms with Crippen LogP contribution in [0.4, 0.5) is 24.5 Å². The zero-order valence-electron chi connectivity index (χ0n) is 21.4. The molecule has 198 valence electrons. The van der Waals surface area contributed by atoms with E-state index >= 15 is 0 Å². The van der Waals surface area contributed by atoms with Crippen LogP contribution in [0.1, 0.15) is 29.5 Å². The molecule has 5 nitrogen and oxygen atoms in total. The number of fused-ring (bicyclic) bond motifs is 1. The minimum atomic E-state index is -4.53. The highest BCUT2D eigenvalue weighted by molar-refractivity contribution is 5.96. The first kappa shape index (κ1) is 26.0. The average molecular weight is 530 g/mol. The Morgan fingerprint density at radius 3 is 2.33 bits per heavy atom. The summed E-state index contributed by atoms with van der Waals surface area (Å²) < 4.78 is 48.1. The van der Waals surface area contributed by atoms with Crippen molar-refractivity contribution in [3.05, 3.63) is 114 Å². The van der Waals surface area contributed by atoms with Crippen molar-refractivity contribution in [2.45, 2.75) is 25.6 Å². The Hall–Kier alpha value is -4.59. The van der Waals surface area contributed by atoms with Crippen LogP contribution < -0.4 is 5.32 Å². The van der Waals surface area contributed by atoms with Crippen molar-refractivity contribution in [2.75, 3.05) is 12.4 Å². The van der Waals surface area contributed by atoms with E-state index in [-0.39, 0.29) is 11.5 Å². The van der Waals surface area contributed by atoms with Crippen LogP contribution in [-0.4, -0.2) is 22.9 Å². The van der Waals surface area contributed by atoms with Gasteiger partial charge in [-0.2, -0.15) is 18.3 Å². The smallest absolute Gasteiger partial charge is 0.418 e. The molecule has 0 aliphatic heterocycles. The summed E-state index contributed by atoms with van der Waals surface area (Å²) in [7, 11) is 1.36. The number of methoxy groups -OCH3 is 1. The maximum absolute atomic E-state index is 13.9. The van der Waals surface area contributed by atoms with Gasteiger partial charge in [-0.15, -0.1) is 0 Å². The van der Waals surface area contributed by atoms with E-state index in [4.69, 9.17) is 4.74 Å². The van der Waals surface area contributed by atoms with Crippen LogP contribution in [-0.2, 0) is 22.3 Å².